The molecule has 0 aromatic heterocycles. The molecule has 15 heavy (non-hydrogen) atoms. The van der Waals surface area contributed by atoms with E-state index in [-0.39, 0.29) is 26.1 Å². The Labute approximate surface area is 88.0 Å². The molecular formula is C10H16FNO3. The fraction of sp³-hybridized carbons (Fsp3) is 0.900. The van der Waals surface area contributed by atoms with Crippen molar-refractivity contribution in [2.45, 2.75) is 24.0 Å². The number of aliphatic hydroxyl groups excluding tert-OH is 1. The molecule has 1 atom stereocenters. The first-order valence-corrected chi connectivity index (χ1v) is 5.18. The van der Waals surface area contributed by atoms with Crippen LogP contribution in [-0.2, 0) is 9.53 Å². The predicted molar refractivity (Wildman–Crippen MR) is 51.3 cm³/mol. The number of halogens is 1. The summed E-state index contributed by atoms with van der Waals surface area (Å²) >= 11 is 0. The maximum atomic E-state index is 14.2. The molecule has 3 aliphatic heterocycles. The monoisotopic (exact) mass is 217 g/mol. The Balaban J connectivity index is 2.34. The van der Waals surface area contributed by atoms with Gasteiger partial charge in [0.05, 0.1) is 13.2 Å². The highest BCUT2D eigenvalue weighted by Crippen LogP contribution is 2.41. The lowest BCUT2D eigenvalue weighted by Crippen LogP contribution is -2.73. The Kier molecular flexibility index (Phi) is 2.56. The van der Waals surface area contributed by atoms with Crippen LogP contribution < -0.4 is 0 Å². The van der Waals surface area contributed by atoms with Gasteiger partial charge in [-0.05, 0) is 0 Å². The second kappa shape index (κ2) is 3.50. The number of nitrogens with zero attached hydrogens (tertiary/aromatic N) is 1. The summed E-state index contributed by atoms with van der Waals surface area (Å²) in [4.78, 5) is 13.8. The first kappa shape index (κ1) is 11.0. The molecule has 0 aliphatic carbocycles. The second-order valence-electron chi connectivity index (χ2n) is 4.40. The van der Waals surface area contributed by atoms with Gasteiger partial charge in [0.15, 0.2) is 11.5 Å². The summed E-state index contributed by atoms with van der Waals surface area (Å²) in [7, 11) is 1.46. The number of carbonyl (C=O) groups is 1. The van der Waals surface area contributed by atoms with Gasteiger partial charge in [0.1, 0.15) is 5.54 Å². The van der Waals surface area contributed by atoms with Gasteiger partial charge in [0.2, 0.25) is 0 Å². The molecule has 1 N–H and O–H groups in total. The molecule has 0 aromatic carbocycles. The van der Waals surface area contributed by atoms with E-state index in [1.54, 1.807) is 0 Å². The van der Waals surface area contributed by atoms with Gasteiger partial charge in [-0.2, -0.15) is 0 Å². The minimum atomic E-state index is -1.74. The van der Waals surface area contributed by atoms with Crippen molar-refractivity contribution in [3.8, 4) is 0 Å². The number of Topliss-reactive ketones (excluding diaryl/α,β-unsaturated/α-hetero) is 1. The number of alkyl halides is 1. The third-order valence-electron chi connectivity index (χ3n) is 3.64. The van der Waals surface area contributed by atoms with Crippen LogP contribution in [0.25, 0.3) is 0 Å². The third-order valence-corrected chi connectivity index (χ3v) is 3.64. The van der Waals surface area contributed by atoms with Crippen molar-refractivity contribution in [3.05, 3.63) is 0 Å². The third kappa shape index (κ3) is 1.33. The molecule has 5 heteroatoms. The standard InChI is InChI=1S/C10H16FNO3/c1-15-7-10(6-13)8(14)9(11)2-4-12(10)5-3-9/h13H,2-7H2,1H3/t10-/m1/s1. The van der Waals surface area contributed by atoms with Crippen molar-refractivity contribution >= 4 is 5.78 Å². The average molecular weight is 217 g/mol. The van der Waals surface area contributed by atoms with Crippen LogP contribution in [0.15, 0.2) is 0 Å². The highest BCUT2D eigenvalue weighted by molar-refractivity contribution is 5.97. The van der Waals surface area contributed by atoms with E-state index in [0.717, 1.165) is 0 Å². The number of hydrogen-bond acceptors (Lipinski definition) is 4. The van der Waals surface area contributed by atoms with E-state index in [4.69, 9.17) is 4.74 Å². The lowest BCUT2D eigenvalue weighted by molar-refractivity contribution is -0.173. The molecule has 0 saturated carbocycles. The van der Waals surface area contributed by atoms with Gasteiger partial charge < -0.3 is 9.84 Å². The number of rotatable bonds is 3. The van der Waals surface area contributed by atoms with E-state index in [2.05, 4.69) is 0 Å². The van der Waals surface area contributed by atoms with Gasteiger partial charge in [-0.15, -0.1) is 0 Å². The van der Waals surface area contributed by atoms with Crippen LogP contribution in [0.2, 0.25) is 0 Å². The SMILES string of the molecule is COC[C@]1(CO)C(=O)C2(F)CCN1CC2. The maximum Gasteiger partial charge on any atom is 0.194 e. The minimum absolute atomic E-state index is 0.0635. The quantitative estimate of drug-likeness (QED) is 0.708. The van der Waals surface area contributed by atoms with Crippen LogP contribution in [0.5, 0.6) is 0 Å². The molecule has 0 unspecified atom stereocenters. The van der Waals surface area contributed by atoms with Crippen molar-refractivity contribution in [1.29, 1.82) is 0 Å². The summed E-state index contributed by atoms with van der Waals surface area (Å²) < 4.78 is 19.1. The maximum absolute atomic E-state index is 14.2. The zero-order chi connectivity index (χ0) is 11.1. The summed E-state index contributed by atoms with van der Waals surface area (Å²) in [6.07, 6.45) is 0.495. The molecule has 3 heterocycles. The number of ether oxygens (including phenoxy) is 1. The van der Waals surface area contributed by atoms with Crippen molar-refractivity contribution in [3.63, 3.8) is 0 Å². The highest BCUT2D eigenvalue weighted by atomic mass is 19.1. The normalized spacial score (nSPS) is 44.7. The van der Waals surface area contributed by atoms with Crippen molar-refractivity contribution in [2.24, 2.45) is 0 Å². The zero-order valence-corrected chi connectivity index (χ0v) is 8.83. The van der Waals surface area contributed by atoms with E-state index in [1.165, 1.54) is 7.11 Å². The molecule has 4 nitrogen and oxygen atoms in total. The molecule has 3 saturated heterocycles. The lowest BCUT2D eigenvalue weighted by Gasteiger charge is -2.53. The Bertz CT molecular complexity index is 276. The van der Waals surface area contributed by atoms with Gasteiger partial charge in [-0.1, -0.05) is 0 Å². The number of ketones is 1. The predicted octanol–water partition coefficient (Wildman–Crippen LogP) is -0.249. The van der Waals surface area contributed by atoms with Crippen molar-refractivity contribution in [1.82, 2.24) is 4.90 Å². The van der Waals surface area contributed by atoms with Gasteiger partial charge in [-0.25, -0.2) is 4.39 Å². The van der Waals surface area contributed by atoms with Crippen molar-refractivity contribution < 1.29 is 19.0 Å². The Morgan fingerprint density at radius 3 is 2.60 bits per heavy atom. The second-order valence-corrected chi connectivity index (χ2v) is 4.40. The van der Waals surface area contributed by atoms with E-state index < -0.39 is 17.0 Å². The Hall–Kier alpha value is -0.520. The smallest absolute Gasteiger partial charge is 0.194 e. The summed E-state index contributed by atoms with van der Waals surface area (Å²) in [5.41, 5.74) is -2.88. The number of carbonyl (C=O) groups excluding carboxylic acids is 1. The minimum Gasteiger partial charge on any atom is -0.394 e. The fourth-order valence-electron chi connectivity index (χ4n) is 2.69. The van der Waals surface area contributed by atoms with Crippen LogP contribution in [0.4, 0.5) is 4.39 Å². The van der Waals surface area contributed by atoms with E-state index in [9.17, 15) is 14.3 Å². The number of piperidine rings is 3. The number of aliphatic hydroxyl groups is 1. The molecule has 3 aliphatic rings. The van der Waals surface area contributed by atoms with Crippen LogP contribution in [0.1, 0.15) is 12.8 Å². The van der Waals surface area contributed by atoms with Gasteiger partial charge >= 0.3 is 0 Å². The summed E-state index contributed by atoms with van der Waals surface area (Å²) in [5, 5.41) is 9.37. The highest BCUT2D eigenvalue weighted by Gasteiger charge is 2.61. The average Bonchev–Trinajstić information content (AvgIpc) is 2.25. The van der Waals surface area contributed by atoms with Crippen molar-refractivity contribution in [2.75, 3.05) is 33.4 Å². The molecular weight excluding hydrogens is 201 g/mol. The Morgan fingerprint density at radius 1 is 1.53 bits per heavy atom. The van der Waals surface area contributed by atoms with Crippen LogP contribution in [0.3, 0.4) is 0 Å². The molecule has 0 aromatic rings. The lowest BCUT2D eigenvalue weighted by atomic mass is 9.72. The number of methoxy groups -OCH3 is 1. The molecule has 0 spiro atoms. The fourth-order valence-corrected chi connectivity index (χ4v) is 2.69. The Morgan fingerprint density at radius 2 is 2.13 bits per heavy atom. The van der Waals surface area contributed by atoms with Crippen LogP contribution >= 0.6 is 0 Å². The first-order chi connectivity index (χ1) is 7.09. The molecule has 86 valence electrons. The summed E-state index contributed by atoms with van der Waals surface area (Å²) in [6.45, 7) is 0.734. The zero-order valence-electron chi connectivity index (χ0n) is 8.83. The van der Waals surface area contributed by atoms with Crippen LogP contribution in [0, 0.1) is 0 Å². The van der Waals surface area contributed by atoms with E-state index in [0.29, 0.717) is 13.1 Å². The summed E-state index contributed by atoms with van der Waals surface area (Å²) in [5.74, 6) is -0.503. The van der Waals surface area contributed by atoms with Crippen LogP contribution in [-0.4, -0.2) is 60.4 Å². The molecule has 0 amide bonds. The van der Waals surface area contributed by atoms with Gasteiger partial charge in [0, 0.05) is 33.0 Å². The first-order valence-electron chi connectivity index (χ1n) is 5.18. The molecule has 0 radical (unpaired) electrons. The van der Waals surface area contributed by atoms with Gasteiger partial charge in [0.25, 0.3) is 0 Å². The number of hydrogen-bond donors (Lipinski definition) is 1. The van der Waals surface area contributed by atoms with E-state index in [1.807, 2.05) is 4.90 Å². The molecule has 3 fully saturated rings. The molecule has 3 rings (SSSR count). The topological polar surface area (TPSA) is 49.8 Å². The largest absolute Gasteiger partial charge is 0.394 e. The van der Waals surface area contributed by atoms with E-state index >= 15 is 0 Å². The molecule has 2 bridgehead atoms. The summed E-state index contributed by atoms with van der Waals surface area (Å²) in [6, 6.07) is 0. The van der Waals surface area contributed by atoms with Gasteiger partial charge in [-0.3, -0.25) is 9.69 Å². The number of fused-ring (bicyclic) bond motifs is 3.